The van der Waals surface area contributed by atoms with Gasteiger partial charge in [-0.25, -0.2) is 9.59 Å². The van der Waals surface area contributed by atoms with Crippen molar-refractivity contribution in [3.8, 4) is 11.5 Å². The van der Waals surface area contributed by atoms with Crippen molar-refractivity contribution in [2.75, 3.05) is 26.9 Å². The van der Waals surface area contributed by atoms with E-state index in [0.717, 1.165) is 0 Å². The lowest BCUT2D eigenvalue weighted by Crippen LogP contribution is -2.39. The Balaban J connectivity index is 2.70. The summed E-state index contributed by atoms with van der Waals surface area (Å²) in [7, 11) is 1.36. The van der Waals surface area contributed by atoms with Gasteiger partial charge in [0.05, 0.1) is 18.8 Å². The lowest BCUT2D eigenvalue weighted by Gasteiger charge is -2.12. The minimum Gasteiger partial charge on any atom is -0.490 e. The van der Waals surface area contributed by atoms with E-state index in [9.17, 15) is 14.4 Å². The monoisotopic (exact) mass is 324 g/mol. The van der Waals surface area contributed by atoms with Crippen molar-refractivity contribution in [3.05, 3.63) is 23.8 Å². The smallest absolute Gasteiger partial charge is 0.338 e. The quantitative estimate of drug-likeness (QED) is 0.728. The first-order valence-corrected chi connectivity index (χ1v) is 7.10. The number of carbonyl (C=O) groups is 3. The van der Waals surface area contributed by atoms with Crippen LogP contribution in [0.15, 0.2) is 18.2 Å². The third kappa shape index (κ3) is 5.85. The molecule has 8 nitrogen and oxygen atoms in total. The van der Waals surface area contributed by atoms with Gasteiger partial charge in [-0.15, -0.1) is 0 Å². The zero-order valence-corrected chi connectivity index (χ0v) is 13.3. The van der Waals surface area contributed by atoms with Crippen LogP contribution in [0.3, 0.4) is 0 Å². The van der Waals surface area contributed by atoms with Crippen LogP contribution < -0.4 is 20.1 Å². The van der Waals surface area contributed by atoms with Gasteiger partial charge in [-0.3, -0.25) is 10.1 Å². The Labute approximate surface area is 134 Å². The summed E-state index contributed by atoms with van der Waals surface area (Å²) in [6, 6.07) is 3.90. The molecule has 0 aromatic heterocycles. The van der Waals surface area contributed by atoms with E-state index in [1.54, 1.807) is 6.07 Å². The molecule has 1 aromatic rings. The van der Waals surface area contributed by atoms with Crippen LogP contribution in [0.1, 0.15) is 24.2 Å². The summed E-state index contributed by atoms with van der Waals surface area (Å²) in [6.45, 7) is 3.95. The highest BCUT2D eigenvalue weighted by atomic mass is 16.5. The second-order valence-corrected chi connectivity index (χ2v) is 4.23. The molecule has 0 aliphatic heterocycles. The maximum Gasteiger partial charge on any atom is 0.338 e. The van der Waals surface area contributed by atoms with E-state index < -0.39 is 24.5 Å². The molecule has 23 heavy (non-hydrogen) atoms. The standard InChI is InChI=1S/C15H20N2O6/c1-4-21-11-7-6-10(8-12(11)22-5-2)14(19)23-9-13(18)17-15(20)16-3/h6-8H,4-5,9H2,1-3H3,(H2,16,17,18,20). The van der Waals surface area contributed by atoms with Crippen LogP contribution in [0.25, 0.3) is 0 Å². The summed E-state index contributed by atoms with van der Waals surface area (Å²) in [5, 5.41) is 4.20. The van der Waals surface area contributed by atoms with Gasteiger partial charge in [0.15, 0.2) is 18.1 Å². The van der Waals surface area contributed by atoms with E-state index in [4.69, 9.17) is 14.2 Å². The molecular weight excluding hydrogens is 304 g/mol. The van der Waals surface area contributed by atoms with Crippen LogP contribution in [0.5, 0.6) is 11.5 Å². The predicted octanol–water partition coefficient (Wildman–Crippen LogP) is 1.10. The van der Waals surface area contributed by atoms with Gasteiger partial charge in [-0.1, -0.05) is 0 Å². The molecule has 1 rings (SSSR count). The van der Waals surface area contributed by atoms with Crippen molar-refractivity contribution in [2.45, 2.75) is 13.8 Å². The zero-order chi connectivity index (χ0) is 17.2. The van der Waals surface area contributed by atoms with E-state index in [-0.39, 0.29) is 5.56 Å². The predicted molar refractivity (Wildman–Crippen MR) is 81.7 cm³/mol. The molecule has 3 amide bonds. The zero-order valence-electron chi connectivity index (χ0n) is 13.3. The number of urea groups is 1. The molecule has 0 radical (unpaired) electrons. The van der Waals surface area contributed by atoms with E-state index in [2.05, 4.69) is 5.32 Å². The number of imide groups is 1. The highest BCUT2D eigenvalue weighted by molar-refractivity contribution is 5.97. The topological polar surface area (TPSA) is 103 Å². The second kappa shape index (κ2) is 9.29. The molecular formula is C15H20N2O6. The first kappa shape index (κ1) is 18.3. The van der Waals surface area contributed by atoms with Crippen molar-refractivity contribution in [1.29, 1.82) is 0 Å². The highest BCUT2D eigenvalue weighted by Gasteiger charge is 2.15. The van der Waals surface area contributed by atoms with E-state index in [1.165, 1.54) is 19.2 Å². The molecule has 0 atom stereocenters. The van der Waals surface area contributed by atoms with Gasteiger partial charge in [0.25, 0.3) is 5.91 Å². The van der Waals surface area contributed by atoms with Crippen LogP contribution in [-0.4, -0.2) is 44.8 Å². The highest BCUT2D eigenvalue weighted by Crippen LogP contribution is 2.28. The van der Waals surface area contributed by atoms with Crippen molar-refractivity contribution in [1.82, 2.24) is 10.6 Å². The fourth-order valence-electron chi connectivity index (χ4n) is 1.62. The average Bonchev–Trinajstić information content (AvgIpc) is 2.54. The maximum atomic E-state index is 11.9. The molecule has 0 fully saturated rings. The van der Waals surface area contributed by atoms with Crippen molar-refractivity contribution >= 4 is 17.9 Å². The number of nitrogens with one attached hydrogen (secondary N) is 2. The maximum absolute atomic E-state index is 11.9. The average molecular weight is 324 g/mol. The summed E-state index contributed by atoms with van der Waals surface area (Å²) in [4.78, 5) is 34.2. The number of carbonyl (C=O) groups excluding carboxylic acids is 3. The van der Waals surface area contributed by atoms with E-state index in [0.29, 0.717) is 24.7 Å². The lowest BCUT2D eigenvalue weighted by molar-refractivity contribution is -0.123. The van der Waals surface area contributed by atoms with Gasteiger partial charge in [0.1, 0.15) is 0 Å². The largest absolute Gasteiger partial charge is 0.490 e. The molecule has 0 heterocycles. The SMILES string of the molecule is CCOc1ccc(C(=O)OCC(=O)NC(=O)NC)cc1OCC. The number of rotatable bonds is 7. The van der Waals surface area contributed by atoms with Crippen LogP contribution in [0.4, 0.5) is 4.79 Å². The third-order valence-electron chi connectivity index (χ3n) is 2.59. The Bertz CT molecular complexity index is 573. The molecule has 0 saturated carbocycles. The van der Waals surface area contributed by atoms with Crippen LogP contribution in [0, 0.1) is 0 Å². The Hall–Kier alpha value is -2.77. The van der Waals surface area contributed by atoms with Gasteiger partial charge >= 0.3 is 12.0 Å². The number of hydrogen-bond acceptors (Lipinski definition) is 6. The number of hydrogen-bond donors (Lipinski definition) is 2. The first-order chi connectivity index (χ1) is 11.0. The van der Waals surface area contributed by atoms with Crippen molar-refractivity contribution in [2.24, 2.45) is 0 Å². The summed E-state index contributed by atoms with van der Waals surface area (Å²) in [5.74, 6) is -0.503. The number of ether oxygens (including phenoxy) is 3. The number of amides is 3. The molecule has 2 N–H and O–H groups in total. The molecule has 0 saturated heterocycles. The minimum atomic E-state index is -0.728. The lowest BCUT2D eigenvalue weighted by atomic mass is 10.2. The van der Waals surface area contributed by atoms with Gasteiger partial charge < -0.3 is 19.5 Å². The van der Waals surface area contributed by atoms with Crippen LogP contribution >= 0.6 is 0 Å². The van der Waals surface area contributed by atoms with E-state index in [1.807, 2.05) is 19.2 Å². The third-order valence-corrected chi connectivity index (χ3v) is 2.59. The molecule has 8 heteroatoms. The van der Waals surface area contributed by atoms with Crippen molar-refractivity contribution in [3.63, 3.8) is 0 Å². The normalized spacial score (nSPS) is 9.70. The van der Waals surface area contributed by atoms with Crippen LogP contribution in [0.2, 0.25) is 0 Å². The molecule has 126 valence electrons. The Morgan fingerprint density at radius 3 is 2.30 bits per heavy atom. The van der Waals surface area contributed by atoms with Gasteiger partial charge in [-0.2, -0.15) is 0 Å². The van der Waals surface area contributed by atoms with Gasteiger partial charge in [0.2, 0.25) is 0 Å². The minimum absolute atomic E-state index is 0.213. The molecule has 0 unspecified atom stereocenters. The summed E-state index contributed by atoms with van der Waals surface area (Å²) in [6.07, 6.45) is 0. The Morgan fingerprint density at radius 1 is 1.04 bits per heavy atom. The van der Waals surface area contributed by atoms with Crippen molar-refractivity contribution < 1.29 is 28.6 Å². The van der Waals surface area contributed by atoms with Gasteiger partial charge in [-0.05, 0) is 32.0 Å². The molecule has 0 aliphatic carbocycles. The molecule has 0 bridgehead atoms. The summed E-state index contributed by atoms with van der Waals surface area (Å²) >= 11 is 0. The number of esters is 1. The summed E-state index contributed by atoms with van der Waals surface area (Å²) in [5.41, 5.74) is 0.213. The fourth-order valence-corrected chi connectivity index (χ4v) is 1.62. The Morgan fingerprint density at radius 2 is 1.70 bits per heavy atom. The molecule has 1 aromatic carbocycles. The molecule has 0 spiro atoms. The fraction of sp³-hybridized carbons (Fsp3) is 0.400. The van der Waals surface area contributed by atoms with Crippen LogP contribution in [-0.2, 0) is 9.53 Å². The second-order valence-electron chi connectivity index (χ2n) is 4.23. The summed E-state index contributed by atoms with van der Waals surface area (Å²) < 4.78 is 15.6. The molecule has 0 aliphatic rings. The van der Waals surface area contributed by atoms with Gasteiger partial charge in [0, 0.05) is 7.05 Å². The van der Waals surface area contributed by atoms with E-state index >= 15 is 0 Å². The number of benzene rings is 1. The Kier molecular flexibility index (Phi) is 7.38. The first-order valence-electron chi connectivity index (χ1n) is 7.10.